The van der Waals surface area contributed by atoms with Gasteiger partial charge in [0.2, 0.25) is 5.89 Å². The molecule has 0 amide bonds. The lowest BCUT2D eigenvalue weighted by atomic mass is 10.1. The minimum atomic E-state index is -3.12. The molecule has 0 bridgehead atoms. The molecule has 1 aromatic rings. The Labute approximate surface area is 120 Å². The van der Waals surface area contributed by atoms with Crippen LogP contribution in [0.15, 0.2) is 4.52 Å². The van der Waals surface area contributed by atoms with E-state index in [-0.39, 0.29) is 11.6 Å². The molecule has 20 heavy (non-hydrogen) atoms. The minimum Gasteiger partial charge on any atom is -0.338 e. The Morgan fingerprint density at radius 2 is 2.10 bits per heavy atom. The van der Waals surface area contributed by atoms with Gasteiger partial charge in [0.05, 0.1) is 6.54 Å². The van der Waals surface area contributed by atoms with Crippen molar-refractivity contribution in [3.8, 4) is 0 Å². The molecule has 0 saturated carbocycles. The first-order valence-electron chi connectivity index (χ1n) is 7.06. The van der Waals surface area contributed by atoms with Gasteiger partial charge in [-0.15, -0.1) is 0 Å². The molecule has 0 aliphatic carbocycles. The molecule has 0 unspecified atom stereocenters. The van der Waals surface area contributed by atoms with E-state index >= 15 is 0 Å². The predicted octanol–water partition coefficient (Wildman–Crippen LogP) is 1.62. The van der Waals surface area contributed by atoms with Crippen molar-refractivity contribution < 1.29 is 12.9 Å². The topological polar surface area (TPSA) is 76.3 Å². The fourth-order valence-electron chi connectivity index (χ4n) is 2.66. The fraction of sp³-hybridized carbons (Fsp3) is 0.846. The Hall–Kier alpha value is -0.950. The van der Waals surface area contributed by atoms with Crippen molar-refractivity contribution in [1.29, 1.82) is 0 Å². The predicted molar refractivity (Wildman–Crippen MR) is 75.7 cm³/mol. The van der Waals surface area contributed by atoms with Gasteiger partial charge >= 0.3 is 0 Å². The Morgan fingerprint density at radius 1 is 1.35 bits per heavy atom. The smallest absolute Gasteiger partial charge is 0.240 e. The van der Waals surface area contributed by atoms with Crippen LogP contribution in [0.4, 0.5) is 0 Å². The normalized spacial score (nSPS) is 25.6. The third-order valence-electron chi connectivity index (χ3n) is 3.73. The van der Waals surface area contributed by atoms with E-state index in [2.05, 4.69) is 28.9 Å². The molecule has 0 N–H and O–H groups in total. The van der Waals surface area contributed by atoms with Crippen LogP contribution in [0.5, 0.6) is 0 Å². The Bertz CT molecular complexity index is 541. The summed E-state index contributed by atoms with van der Waals surface area (Å²) in [5.41, 5.74) is 0. The quantitative estimate of drug-likeness (QED) is 0.841. The Balaban J connectivity index is 2.01. The second-order valence-electron chi connectivity index (χ2n) is 5.99. The largest absolute Gasteiger partial charge is 0.338 e. The molecule has 1 aliphatic rings. The summed E-state index contributed by atoms with van der Waals surface area (Å²) in [6.07, 6.45) is 4.85. The third-order valence-corrected chi connectivity index (χ3v) is 4.51. The molecular weight excluding hydrogens is 278 g/mol. The molecular formula is C13H23N3O3S. The molecule has 2 rings (SSSR count). The summed E-state index contributed by atoms with van der Waals surface area (Å²) in [5, 5.41) is 3.74. The molecule has 2 atom stereocenters. The first kappa shape index (κ1) is 15.4. The van der Waals surface area contributed by atoms with Crippen LogP contribution >= 0.6 is 0 Å². The zero-order chi connectivity index (χ0) is 14.8. The summed E-state index contributed by atoms with van der Waals surface area (Å²) in [4.78, 5) is 6.52. The van der Waals surface area contributed by atoms with Crippen molar-refractivity contribution in [2.45, 2.75) is 51.4 Å². The molecule has 0 spiro atoms. The van der Waals surface area contributed by atoms with Gasteiger partial charge in [0, 0.05) is 18.8 Å². The van der Waals surface area contributed by atoms with Gasteiger partial charge in [-0.25, -0.2) is 8.42 Å². The highest BCUT2D eigenvalue weighted by atomic mass is 32.2. The monoisotopic (exact) mass is 301 g/mol. The van der Waals surface area contributed by atoms with Crippen molar-refractivity contribution in [1.82, 2.24) is 15.0 Å². The average molecular weight is 301 g/mol. The number of nitrogens with zero attached hydrogens (tertiary/aromatic N) is 3. The van der Waals surface area contributed by atoms with Gasteiger partial charge in [-0.3, -0.25) is 4.90 Å². The number of likely N-dealkylation sites (tertiary alicyclic amines) is 1. The van der Waals surface area contributed by atoms with Gasteiger partial charge in [0.15, 0.2) is 15.7 Å². The van der Waals surface area contributed by atoms with Crippen molar-refractivity contribution >= 4 is 9.84 Å². The summed E-state index contributed by atoms with van der Waals surface area (Å²) >= 11 is 0. The van der Waals surface area contributed by atoms with Gasteiger partial charge < -0.3 is 4.52 Å². The summed E-state index contributed by atoms with van der Waals surface area (Å²) in [7, 11) is -3.12. The third kappa shape index (κ3) is 4.56. The molecule has 2 heterocycles. The molecule has 0 aromatic carbocycles. The van der Waals surface area contributed by atoms with Crippen LogP contribution in [0.3, 0.4) is 0 Å². The highest BCUT2D eigenvalue weighted by Crippen LogP contribution is 2.22. The first-order valence-corrected chi connectivity index (χ1v) is 9.13. The van der Waals surface area contributed by atoms with Crippen molar-refractivity contribution in [3.05, 3.63) is 11.7 Å². The maximum Gasteiger partial charge on any atom is 0.240 e. The standard InChI is InChI=1S/C13H23N3O3S/c1-10-5-4-6-11(2)16(7-10)8-13-14-12(15-19-13)9-20(3,17)18/h10-11H,4-9H2,1-3H3/t10-,11-/m0/s1. The number of sulfone groups is 1. The molecule has 1 aromatic heterocycles. The highest BCUT2D eigenvalue weighted by Gasteiger charge is 2.23. The number of rotatable bonds is 4. The van der Waals surface area contributed by atoms with Crippen LogP contribution in [-0.2, 0) is 22.1 Å². The molecule has 6 nitrogen and oxygen atoms in total. The zero-order valence-electron chi connectivity index (χ0n) is 12.4. The van der Waals surface area contributed by atoms with Crippen molar-refractivity contribution in [2.75, 3.05) is 12.8 Å². The SMILES string of the molecule is C[C@H]1CCC[C@H](C)N(Cc2nc(CS(C)(=O)=O)no2)C1. The van der Waals surface area contributed by atoms with Gasteiger partial charge in [-0.1, -0.05) is 18.5 Å². The van der Waals surface area contributed by atoms with Crippen LogP contribution < -0.4 is 0 Å². The van der Waals surface area contributed by atoms with Crippen molar-refractivity contribution in [2.24, 2.45) is 5.92 Å². The first-order chi connectivity index (χ1) is 9.33. The second kappa shape index (κ2) is 6.22. The Kier molecular flexibility index (Phi) is 4.80. The number of hydrogen-bond donors (Lipinski definition) is 0. The van der Waals surface area contributed by atoms with Crippen LogP contribution in [0.25, 0.3) is 0 Å². The number of hydrogen-bond acceptors (Lipinski definition) is 6. The summed E-state index contributed by atoms with van der Waals surface area (Å²) in [6.45, 7) is 6.09. The fourth-order valence-corrected chi connectivity index (χ4v) is 3.24. The number of aromatic nitrogens is 2. The van der Waals surface area contributed by atoms with Gasteiger partial charge in [0.1, 0.15) is 5.75 Å². The Morgan fingerprint density at radius 3 is 2.80 bits per heavy atom. The lowest BCUT2D eigenvalue weighted by molar-refractivity contribution is 0.163. The van der Waals surface area contributed by atoms with Crippen LogP contribution in [0, 0.1) is 5.92 Å². The molecule has 1 fully saturated rings. The van der Waals surface area contributed by atoms with E-state index in [1.165, 1.54) is 25.5 Å². The van der Waals surface area contributed by atoms with Crippen LogP contribution in [-0.4, -0.2) is 42.3 Å². The van der Waals surface area contributed by atoms with Gasteiger partial charge in [-0.2, -0.15) is 4.98 Å². The molecule has 1 aliphatic heterocycles. The van der Waals surface area contributed by atoms with E-state index in [1.54, 1.807) is 0 Å². The summed E-state index contributed by atoms with van der Waals surface area (Å²) < 4.78 is 27.6. The second-order valence-corrected chi connectivity index (χ2v) is 8.13. The van der Waals surface area contributed by atoms with E-state index < -0.39 is 9.84 Å². The summed E-state index contributed by atoms with van der Waals surface area (Å²) in [6, 6.07) is 0.491. The highest BCUT2D eigenvalue weighted by molar-refractivity contribution is 7.89. The average Bonchev–Trinajstić information content (AvgIpc) is 2.66. The van der Waals surface area contributed by atoms with E-state index in [0.717, 1.165) is 6.54 Å². The summed E-state index contributed by atoms with van der Waals surface area (Å²) in [5.74, 6) is 1.25. The lowest BCUT2D eigenvalue weighted by Crippen LogP contribution is -2.34. The maximum absolute atomic E-state index is 11.2. The van der Waals surface area contributed by atoms with Crippen molar-refractivity contribution in [3.63, 3.8) is 0 Å². The van der Waals surface area contributed by atoms with Gasteiger partial charge in [-0.05, 0) is 25.7 Å². The van der Waals surface area contributed by atoms with Crippen LogP contribution in [0.2, 0.25) is 0 Å². The minimum absolute atomic E-state index is 0.164. The van der Waals surface area contributed by atoms with E-state index in [9.17, 15) is 8.42 Å². The molecule has 0 radical (unpaired) electrons. The van der Waals surface area contributed by atoms with E-state index in [4.69, 9.17) is 4.52 Å². The van der Waals surface area contributed by atoms with E-state index in [1.807, 2.05) is 0 Å². The maximum atomic E-state index is 11.2. The van der Waals surface area contributed by atoms with Crippen LogP contribution in [0.1, 0.15) is 44.8 Å². The van der Waals surface area contributed by atoms with E-state index in [0.29, 0.717) is 24.4 Å². The lowest BCUT2D eigenvalue weighted by Gasteiger charge is -2.26. The molecule has 1 saturated heterocycles. The molecule has 7 heteroatoms. The van der Waals surface area contributed by atoms with Gasteiger partial charge in [0.25, 0.3) is 0 Å². The zero-order valence-corrected chi connectivity index (χ0v) is 13.2. The molecule has 114 valence electrons.